The Bertz CT molecular complexity index is 813. The predicted molar refractivity (Wildman–Crippen MR) is 103 cm³/mol. The molecule has 6 heteroatoms. The normalized spacial score (nSPS) is 10.6. The Morgan fingerprint density at radius 2 is 1.80 bits per heavy atom. The highest BCUT2D eigenvalue weighted by atomic mass is 35.5. The van der Waals surface area contributed by atoms with Gasteiger partial charge < -0.3 is 10.1 Å². The summed E-state index contributed by atoms with van der Waals surface area (Å²) in [6.45, 7) is 1.30. The van der Waals surface area contributed by atoms with Gasteiger partial charge in [0.25, 0.3) is 0 Å². The summed E-state index contributed by atoms with van der Waals surface area (Å²) >= 11 is 7.54. The summed E-state index contributed by atoms with van der Waals surface area (Å²) in [6.07, 6.45) is 0. The summed E-state index contributed by atoms with van der Waals surface area (Å²) in [4.78, 5) is 10.4. The third-order valence-corrected chi connectivity index (χ3v) is 4.56. The molecule has 0 aliphatic rings. The van der Waals surface area contributed by atoms with Crippen LogP contribution in [-0.2, 0) is 4.74 Å². The Morgan fingerprint density at radius 1 is 1.04 bits per heavy atom. The van der Waals surface area contributed by atoms with Crippen LogP contribution in [0.1, 0.15) is 0 Å². The second kappa shape index (κ2) is 8.85. The van der Waals surface area contributed by atoms with Gasteiger partial charge >= 0.3 is 0 Å². The van der Waals surface area contributed by atoms with Crippen LogP contribution >= 0.6 is 23.4 Å². The minimum absolute atomic E-state index is 0.615. The fourth-order valence-electron chi connectivity index (χ4n) is 2.19. The fraction of sp³-hybridized carbons (Fsp3) is 0.158. The number of anilines is 1. The maximum Gasteiger partial charge on any atom is 0.162 e. The van der Waals surface area contributed by atoms with Crippen molar-refractivity contribution in [3.05, 3.63) is 65.7 Å². The molecular weight excluding hydrogens is 354 g/mol. The smallest absolute Gasteiger partial charge is 0.162 e. The Kier molecular flexibility index (Phi) is 6.28. The summed E-state index contributed by atoms with van der Waals surface area (Å²) in [5.41, 5.74) is 0.982. The number of ether oxygens (including phenoxy) is 1. The molecule has 1 aromatic heterocycles. The predicted octanol–water partition coefficient (Wildman–Crippen LogP) is 5.01. The number of nitrogens with one attached hydrogen (secondary N) is 1. The first-order valence-electron chi connectivity index (χ1n) is 7.85. The zero-order chi connectivity index (χ0) is 17.5. The SMILES string of the molecule is COCCNc1cc(Sc2ccc(Cl)cc2)nc(-c2ccccc2)n1. The lowest BCUT2D eigenvalue weighted by Gasteiger charge is -2.10. The zero-order valence-electron chi connectivity index (χ0n) is 13.8. The molecule has 0 saturated heterocycles. The highest BCUT2D eigenvalue weighted by Crippen LogP contribution is 2.30. The van der Waals surface area contributed by atoms with E-state index in [2.05, 4.69) is 10.3 Å². The number of hydrogen-bond acceptors (Lipinski definition) is 5. The summed E-state index contributed by atoms with van der Waals surface area (Å²) < 4.78 is 5.09. The zero-order valence-corrected chi connectivity index (χ0v) is 15.3. The van der Waals surface area contributed by atoms with Crippen molar-refractivity contribution >= 4 is 29.2 Å². The van der Waals surface area contributed by atoms with Crippen molar-refractivity contribution < 1.29 is 4.74 Å². The number of halogens is 1. The van der Waals surface area contributed by atoms with E-state index in [1.165, 1.54) is 0 Å². The van der Waals surface area contributed by atoms with Gasteiger partial charge in [0.15, 0.2) is 5.82 Å². The van der Waals surface area contributed by atoms with Crippen molar-refractivity contribution in [3.8, 4) is 11.4 Å². The van der Waals surface area contributed by atoms with Crippen molar-refractivity contribution in [2.24, 2.45) is 0 Å². The lowest BCUT2D eigenvalue weighted by atomic mass is 10.2. The van der Waals surface area contributed by atoms with Crippen LogP contribution in [0.3, 0.4) is 0 Å². The van der Waals surface area contributed by atoms with E-state index in [-0.39, 0.29) is 0 Å². The molecule has 0 bridgehead atoms. The van der Waals surface area contributed by atoms with Gasteiger partial charge in [0, 0.05) is 35.2 Å². The average Bonchev–Trinajstić information content (AvgIpc) is 2.64. The molecule has 1 heterocycles. The number of hydrogen-bond donors (Lipinski definition) is 1. The van der Waals surface area contributed by atoms with Gasteiger partial charge in [-0.15, -0.1) is 0 Å². The number of methoxy groups -OCH3 is 1. The van der Waals surface area contributed by atoms with E-state index in [4.69, 9.17) is 21.3 Å². The Labute approximate surface area is 156 Å². The molecule has 3 aromatic rings. The monoisotopic (exact) mass is 371 g/mol. The Hall–Kier alpha value is -2.08. The van der Waals surface area contributed by atoms with Gasteiger partial charge in [-0.25, -0.2) is 9.97 Å². The Balaban J connectivity index is 1.89. The first-order chi connectivity index (χ1) is 12.2. The third kappa shape index (κ3) is 5.19. The van der Waals surface area contributed by atoms with E-state index < -0.39 is 0 Å². The van der Waals surface area contributed by atoms with Crippen LogP contribution in [-0.4, -0.2) is 30.2 Å². The largest absolute Gasteiger partial charge is 0.383 e. The van der Waals surface area contributed by atoms with Crippen molar-refractivity contribution in [1.82, 2.24) is 9.97 Å². The quantitative estimate of drug-likeness (QED) is 0.467. The number of aromatic nitrogens is 2. The molecule has 0 aliphatic carbocycles. The molecule has 0 atom stereocenters. The lowest BCUT2D eigenvalue weighted by molar-refractivity contribution is 0.210. The van der Waals surface area contributed by atoms with Gasteiger partial charge in [0.2, 0.25) is 0 Å². The lowest BCUT2D eigenvalue weighted by Crippen LogP contribution is -2.09. The second-order valence-corrected chi connectivity index (χ2v) is 6.79. The molecule has 2 aromatic carbocycles. The molecular formula is C19H18ClN3OS. The maximum absolute atomic E-state index is 5.96. The van der Waals surface area contributed by atoms with Crippen LogP contribution in [0.5, 0.6) is 0 Å². The van der Waals surface area contributed by atoms with Crippen LogP contribution in [0.4, 0.5) is 5.82 Å². The van der Waals surface area contributed by atoms with Crippen molar-refractivity contribution in [2.45, 2.75) is 9.92 Å². The molecule has 0 aliphatic heterocycles. The molecule has 0 radical (unpaired) electrons. The minimum Gasteiger partial charge on any atom is -0.383 e. The van der Waals surface area contributed by atoms with Crippen molar-refractivity contribution in [3.63, 3.8) is 0 Å². The topological polar surface area (TPSA) is 47.0 Å². The molecule has 0 amide bonds. The van der Waals surface area contributed by atoms with E-state index in [1.807, 2.05) is 60.7 Å². The molecule has 3 rings (SSSR count). The molecule has 0 spiro atoms. The summed E-state index contributed by atoms with van der Waals surface area (Å²) in [5.74, 6) is 1.47. The molecule has 128 valence electrons. The van der Waals surface area contributed by atoms with Gasteiger partial charge in [-0.1, -0.05) is 53.7 Å². The van der Waals surface area contributed by atoms with Gasteiger partial charge in [-0.3, -0.25) is 0 Å². The fourth-order valence-corrected chi connectivity index (χ4v) is 3.13. The van der Waals surface area contributed by atoms with Crippen molar-refractivity contribution in [1.29, 1.82) is 0 Å². The van der Waals surface area contributed by atoms with Gasteiger partial charge in [-0.05, 0) is 24.3 Å². The highest BCUT2D eigenvalue weighted by molar-refractivity contribution is 7.99. The van der Waals surface area contributed by atoms with Gasteiger partial charge in [0.1, 0.15) is 10.8 Å². The van der Waals surface area contributed by atoms with Crippen LogP contribution in [0.15, 0.2) is 70.6 Å². The van der Waals surface area contributed by atoms with Gasteiger partial charge in [0.05, 0.1) is 6.61 Å². The van der Waals surface area contributed by atoms with Crippen LogP contribution in [0.25, 0.3) is 11.4 Å². The van der Waals surface area contributed by atoms with E-state index in [1.54, 1.807) is 18.9 Å². The molecule has 0 fully saturated rings. The molecule has 25 heavy (non-hydrogen) atoms. The van der Waals surface area contributed by atoms with Crippen LogP contribution < -0.4 is 5.32 Å². The summed E-state index contributed by atoms with van der Waals surface area (Å²) in [5, 5.41) is 4.87. The molecule has 4 nitrogen and oxygen atoms in total. The third-order valence-electron chi connectivity index (χ3n) is 3.38. The van der Waals surface area contributed by atoms with Gasteiger partial charge in [-0.2, -0.15) is 0 Å². The summed E-state index contributed by atoms with van der Waals surface area (Å²) in [6, 6.07) is 19.6. The molecule has 0 unspecified atom stereocenters. The molecule has 0 saturated carbocycles. The van der Waals surface area contributed by atoms with E-state index in [0.29, 0.717) is 19.0 Å². The highest BCUT2D eigenvalue weighted by Gasteiger charge is 2.08. The van der Waals surface area contributed by atoms with E-state index in [0.717, 1.165) is 26.3 Å². The van der Waals surface area contributed by atoms with Crippen LogP contribution in [0.2, 0.25) is 5.02 Å². The van der Waals surface area contributed by atoms with Crippen LogP contribution in [0, 0.1) is 0 Å². The number of nitrogens with zero attached hydrogens (tertiary/aromatic N) is 2. The molecule has 1 N–H and O–H groups in total. The maximum atomic E-state index is 5.96. The standard InChI is InChI=1S/C19H18ClN3OS/c1-24-12-11-21-17-13-18(25-16-9-7-15(20)8-10-16)23-19(22-17)14-5-3-2-4-6-14/h2-10,13H,11-12H2,1H3,(H,21,22,23). The van der Waals surface area contributed by atoms with E-state index >= 15 is 0 Å². The summed E-state index contributed by atoms with van der Waals surface area (Å²) in [7, 11) is 1.68. The first kappa shape index (κ1) is 17.7. The Morgan fingerprint density at radius 3 is 2.52 bits per heavy atom. The number of rotatable bonds is 7. The second-order valence-electron chi connectivity index (χ2n) is 5.26. The first-order valence-corrected chi connectivity index (χ1v) is 9.05. The van der Waals surface area contributed by atoms with E-state index in [9.17, 15) is 0 Å². The van der Waals surface area contributed by atoms with Crippen molar-refractivity contribution in [2.75, 3.05) is 25.6 Å². The minimum atomic E-state index is 0.615. The average molecular weight is 372 g/mol. The number of benzene rings is 2.